The van der Waals surface area contributed by atoms with Crippen LogP contribution in [0.4, 0.5) is 4.79 Å². The first-order valence-electron chi connectivity index (χ1n) is 7.89. The Bertz CT molecular complexity index is 663. The second-order valence-electron chi connectivity index (χ2n) is 5.93. The van der Waals surface area contributed by atoms with Gasteiger partial charge in [-0.3, -0.25) is 9.59 Å². The van der Waals surface area contributed by atoms with E-state index in [1.807, 2.05) is 24.3 Å². The number of fused-ring (bicyclic) bond motifs is 1. The second kappa shape index (κ2) is 6.88. The van der Waals surface area contributed by atoms with Crippen LogP contribution in [0.1, 0.15) is 11.1 Å². The maximum Gasteiger partial charge on any atom is 0.315 e. The lowest BCUT2D eigenvalue weighted by Crippen LogP contribution is -2.55. The highest BCUT2D eigenvalue weighted by Gasteiger charge is 2.32. The third-order valence-electron chi connectivity index (χ3n) is 4.33. The molecule has 0 bridgehead atoms. The molecule has 3 rings (SSSR count). The van der Waals surface area contributed by atoms with E-state index in [0.717, 1.165) is 12.0 Å². The molecule has 24 heavy (non-hydrogen) atoms. The largest absolute Gasteiger partial charge is 0.394 e. The summed E-state index contributed by atoms with van der Waals surface area (Å²) in [6.45, 7) is 0.679. The summed E-state index contributed by atoms with van der Waals surface area (Å²) in [5.41, 5.74) is 2.29. The zero-order valence-electron chi connectivity index (χ0n) is 13.1. The number of hydrogen-bond donors (Lipinski definition) is 4. The molecule has 0 aromatic heterocycles. The third-order valence-corrected chi connectivity index (χ3v) is 4.33. The van der Waals surface area contributed by atoms with Gasteiger partial charge in [0.15, 0.2) is 0 Å². The number of rotatable bonds is 4. The Labute approximate surface area is 139 Å². The SMILES string of the molecule is O=C1NCC(C(=O)N[C@@H](CO)C(=O)N2CCc3ccccc3C2)N1. The summed E-state index contributed by atoms with van der Waals surface area (Å²) in [6, 6.07) is 5.74. The molecule has 2 aliphatic heterocycles. The lowest BCUT2D eigenvalue weighted by atomic mass is 9.99. The van der Waals surface area contributed by atoms with Gasteiger partial charge < -0.3 is 26.0 Å². The summed E-state index contributed by atoms with van der Waals surface area (Å²) in [5.74, 6) is -0.809. The summed E-state index contributed by atoms with van der Waals surface area (Å²) in [5, 5.41) is 16.9. The van der Waals surface area contributed by atoms with E-state index in [0.29, 0.717) is 13.1 Å². The number of urea groups is 1. The highest BCUT2D eigenvalue weighted by Crippen LogP contribution is 2.19. The number of nitrogens with zero attached hydrogens (tertiary/aromatic N) is 1. The topological polar surface area (TPSA) is 111 Å². The van der Waals surface area contributed by atoms with Gasteiger partial charge in [-0.2, -0.15) is 0 Å². The number of carbonyl (C=O) groups excluding carboxylic acids is 3. The molecule has 2 atom stereocenters. The standard InChI is InChI=1S/C16H20N4O4/c21-9-13(18-14(22)12-7-17-16(24)19-12)15(23)20-6-5-10-3-1-2-4-11(10)8-20/h1-4,12-13,21H,5-9H2,(H,18,22)(H2,17,19,24)/t12?,13-/m0/s1. The van der Waals surface area contributed by atoms with Crippen LogP contribution >= 0.6 is 0 Å². The molecule has 8 nitrogen and oxygen atoms in total. The number of carbonyl (C=O) groups is 3. The molecule has 8 heteroatoms. The Morgan fingerprint density at radius 1 is 1.33 bits per heavy atom. The van der Waals surface area contributed by atoms with Crippen molar-refractivity contribution in [3.8, 4) is 0 Å². The van der Waals surface area contributed by atoms with E-state index in [9.17, 15) is 19.5 Å². The molecule has 0 spiro atoms. The molecule has 1 aromatic rings. The Morgan fingerprint density at radius 2 is 2.08 bits per heavy atom. The molecular weight excluding hydrogens is 312 g/mol. The van der Waals surface area contributed by atoms with E-state index in [1.54, 1.807) is 4.90 Å². The Hall–Kier alpha value is -2.61. The average molecular weight is 332 g/mol. The minimum atomic E-state index is -1.01. The van der Waals surface area contributed by atoms with Gasteiger partial charge in [0, 0.05) is 19.6 Å². The van der Waals surface area contributed by atoms with Gasteiger partial charge in [-0.25, -0.2) is 4.79 Å². The molecule has 128 valence electrons. The lowest BCUT2D eigenvalue weighted by molar-refractivity contribution is -0.138. The van der Waals surface area contributed by atoms with Crippen molar-refractivity contribution in [2.75, 3.05) is 19.7 Å². The van der Waals surface area contributed by atoms with Crippen LogP contribution in [0, 0.1) is 0 Å². The Morgan fingerprint density at radius 3 is 2.75 bits per heavy atom. The normalized spacial score (nSPS) is 20.6. The van der Waals surface area contributed by atoms with E-state index < -0.39 is 30.6 Å². The van der Waals surface area contributed by atoms with E-state index >= 15 is 0 Å². The fraction of sp³-hybridized carbons (Fsp3) is 0.438. The van der Waals surface area contributed by atoms with Crippen LogP contribution in [0.15, 0.2) is 24.3 Å². The molecule has 2 heterocycles. The summed E-state index contributed by atoms with van der Waals surface area (Å²) in [4.78, 5) is 37.4. The quantitative estimate of drug-likeness (QED) is 0.551. The first kappa shape index (κ1) is 16.3. The number of nitrogens with one attached hydrogen (secondary N) is 3. The molecular formula is C16H20N4O4. The van der Waals surface area contributed by atoms with Gasteiger partial charge in [-0.15, -0.1) is 0 Å². The van der Waals surface area contributed by atoms with Gasteiger partial charge in [0.2, 0.25) is 11.8 Å². The van der Waals surface area contributed by atoms with Crippen molar-refractivity contribution in [3.63, 3.8) is 0 Å². The molecule has 1 aromatic carbocycles. The molecule has 2 aliphatic rings. The number of hydrogen-bond acceptors (Lipinski definition) is 4. The molecule has 0 aliphatic carbocycles. The van der Waals surface area contributed by atoms with Crippen LogP contribution in [-0.4, -0.2) is 59.6 Å². The van der Waals surface area contributed by atoms with Gasteiger partial charge in [-0.05, 0) is 17.5 Å². The molecule has 1 fully saturated rings. The molecule has 0 saturated carbocycles. The Kier molecular flexibility index (Phi) is 4.66. The van der Waals surface area contributed by atoms with Crippen LogP contribution < -0.4 is 16.0 Å². The zero-order chi connectivity index (χ0) is 17.1. The van der Waals surface area contributed by atoms with E-state index in [2.05, 4.69) is 16.0 Å². The molecule has 1 unspecified atom stereocenters. The lowest BCUT2D eigenvalue weighted by Gasteiger charge is -2.31. The highest BCUT2D eigenvalue weighted by atomic mass is 16.3. The van der Waals surface area contributed by atoms with Crippen LogP contribution in [-0.2, 0) is 22.6 Å². The van der Waals surface area contributed by atoms with Gasteiger partial charge >= 0.3 is 6.03 Å². The maximum absolute atomic E-state index is 12.6. The highest BCUT2D eigenvalue weighted by molar-refractivity contribution is 5.93. The van der Waals surface area contributed by atoms with Crippen molar-refractivity contribution in [2.45, 2.75) is 25.0 Å². The number of aliphatic hydroxyl groups is 1. The average Bonchev–Trinajstić information content (AvgIpc) is 3.05. The first-order valence-corrected chi connectivity index (χ1v) is 7.89. The third kappa shape index (κ3) is 3.33. The van der Waals surface area contributed by atoms with Gasteiger partial charge in [0.1, 0.15) is 12.1 Å². The van der Waals surface area contributed by atoms with E-state index in [-0.39, 0.29) is 12.5 Å². The minimum Gasteiger partial charge on any atom is -0.394 e. The first-order chi connectivity index (χ1) is 11.6. The van der Waals surface area contributed by atoms with Crippen molar-refractivity contribution >= 4 is 17.8 Å². The fourth-order valence-electron chi connectivity index (χ4n) is 2.98. The maximum atomic E-state index is 12.6. The minimum absolute atomic E-state index is 0.161. The van der Waals surface area contributed by atoms with Gasteiger partial charge in [0.05, 0.1) is 6.61 Å². The predicted octanol–water partition coefficient (Wildman–Crippen LogP) is -1.27. The number of aliphatic hydroxyl groups excluding tert-OH is 1. The predicted molar refractivity (Wildman–Crippen MR) is 84.9 cm³/mol. The van der Waals surface area contributed by atoms with Crippen molar-refractivity contribution in [1.82, 2.24) is 20.9 Å². The van der Waals surface area contributed by atoms with E-state index in [4.69, 9.17) is 0 Å². The van der Waals surface area contributed by atoms with Crippen LogP contribution in [0.3, 0.4) is 0 Å². The van der Waals surface area contributed by atoms with Crippen molar-refractivity contribution in [3.05, 3.63) is 35.4 Å². The summed E-state index contributed by atoms with van der Waals surface area (Å²) in [6.07, 6.45) is 0.747. The number of amides is 4. The van der Waals surface area contributed by atoms with E-state index in [1.165, 1.54) is 5.56 Å². The summed E-state index contributed by atoms with van der Waals surface area (Å²) >= 11 is 0. The Balaban J connectivity index is 1.62. The molecule has 1 saturated heterocycles. The van der Waals surface area contributed by atoms with Gasteiger partial charge in [-0.1, -0.05) is 24.3 Å². The zero-order valence-corrected chi connectivity index (χ0v) is 13.1. The number of benzene rings is 1. The monoisotopic (exact) mass is 332 g/mol. The second-order valence-corrected chi connectivity index (χ2v) is 5.93. The fourth-order valence-corrected chi connectivity index (χ4v) is 2.98. The summed E-state index contributed by atoms with van der Waals surface area (Å²) < 4.78 is 0. The summed E-state index contributed by atoms with van der Waals surface area (Å²) in [7, 11) is 0. The van der Waals surface area contributed by atoms with Crippen LogP contribution in [0.25, 0.3) is 0 Å². The van der Waals surface area contributed by atoms with Crippen LogP contribution in [0.5, 0.6) is 0 Å². The van der Waals surface area contributed by atoms with Crippen molar-refractivity contribution < 1.29 is 19.5 Å². The molecule has 4 N–H and O–H groups in total. The smallest absolute Gasteiger partial charge is 0.315 e. The van der Waals surface area contributed by atoms with Crippen LogP contribution in [0.2, 0.25) is 0 Å². The molecule has 0 radical (unpaired) electrons. The molecule has 4 amide bonds. The van der Waals surface area contributed by atoms with Crippen molar-refractivity contribution in [2.24, 2.45) is 0 Å². The van der Waals surface area contributed by atoms with Gasteiger partial charge in [0.25, 0.3) is 0 Å². The van der Waals surface area contributed by atoms with Crippen molar-refractivity contribution in [1.29, 1.82) is 0 Å².